The van der Waals surface area contributed by atoms with Crippen molar-refractivity contribution in [2.45, 2.75) is 0 Å². The van der Waals surface area contributed by atoms with E-state index >= 15 is 0 Å². The molecule has 1 heterocycles. The van der Waals surface area contributed by atoms with Gasteiger partial charge in [-0.25, -0.2) is 0 Å². The van der Waals surface area contributed by atoms with E-state index in [0.29, 0.717) is 0 Å². The van der Waals surface area contributed by atoms with Gasteiger partial charge >= 0.3 is 0 Å². The van der Waals surface area contributed by atoms with E-state index in [9.17, 15) is 10.1 Å². The van der Waals surface area contributed by atoms with Crippen molar-refractivity contribution in [3.63, 3.8) is 0 Å². The third kappa shape index (κ3) is 3.37. The molecule has 0 unspecified atom stereocenters. The van der Waals surface area contributed by atoms with Crippen LogP contribution >= 0.6 is 0 Å². The van der Waals surface area contributed by atoms with Crippen LogP contribution in [0.25, 0.3) is 0 Å². The largest absolute Gasteiger partial charge is 0.495 e. The van der Waals surface area contributed by atoms with Gasteiger partial charge in [0.2, 0.25) is 6.20 Å². The average Bonchev–Trinajstić information content (AvgIpc) is 2.45. The molecule has 6 heteroatoms. The fraction of sp³-hybridized carbons (Fsp3) is 0.385. The number of benzene rings is 1. The van der Waals surface area contributed by atoms with E-state index in [1.54, 1.807) is 13.3 Å². The first-order chi connectivity index (χ1) is 9.20. The molecule has 1 aromatic rings. The summed E-state index contributed by atoms with van der Waals surface area (Å²) in [5.41, 5.74) is 1.07. The highest BCUT2D eigenvalue weighted by molar-refractivity contribution is 5.58. The van der Waals surface area contributed by atoms with Crippen molar-refractivity contribution in [1.29, 1.82) is 0 Å². The van der Waals surface area contributed by atoms with Gasteiger partial charge in [-0.3, -0.25) is 10.1 Å². The number of hydrogen-bond acceptors (Lipinski definition) is 5. The summed E-state index contributed by atoms with van der Waals surface area (Å²) in [6.45, 7) is 3.18. The number of ether oxygens (including phenoxy) is 1. The molecule has 0 atom stereocenters. The Morgan fingerprint density at radius 1 is 1.26 bits per heavy atom. The number of anilines is 1. The second-order valence-corrected chi connectivity index (χ2v) is 4.28. The van der Waals surface area contributed by atoms with Crippen molar-refractivity contribution in [3.05, 3.63) is 46.8 Å². The van der Waals surface area contributed by atoms with Crippen LogP contribution in [0.1, 0.15) is 0 Å². The Bertz CT molecular complexity index is 468. The fourth-order valence-corrected chi connectivity index (χ4v) is 2.15. The molecular formula is C13H17N3O3. The second kappa shape index (κ2) is 6.08. The van der Waals surface area contributed by atoms with Crippen LogP contribution in [0.4, 0.5) is 5.69 Å². The van der Waals surface area contributed by atoms with E-state index < -0.39 is 4.92 Å². The van der Waals surface area contributed by atoms with E-state index in [4.69, 9.17) is 4.74 Å². The molecule has 0 amide bonds. The number of nitro groups is 1. The highest BCUT2D eigenvalue weighted by Crippen LogP contribution is 2.28. The van der Waals surface area contributed by atoms with Crippen molar-refractivity contribution in [2.75, 3.05) is 38.2 Å². The van der Waals surface area contributed by atoms with Crippen LogP contribution in [0, 0.1) is 10.1 Å². The molecule has 0 aliphatic carbocycles. The number of piperazine rings is 1. The number of rotatable bonds is 4. The smallest absolute Gasteiger partial charge is 0.250 e. The second-order valence-electron chi connectivity index (χ2n) is 4.28. The van der Waals surface area contributed by atoms with Crippen LogP contribution in [0.2, 0.25) is 0 Å². The summed E-state index contributed by atoms with van der Waals surface area (Å²) in [6, 6.07) is 7.89. The molecule has 19 heavy (non-hydrogen) atoms. The molecule has 1 saturated heterocycles. The van der Waals surface area contributed by atoms with Crippen molar-refractivity contribution in [3.8, 4) is 5.75 Å². The monoisotopic (exact) mass is 263 g/mol. The summed E-state index contributed by atoms with van der Waals surface area (Å²) in [7, 11) is 1.66. The molecular weight excluding hydrogens is 246 g/mol. The topological polar surface area (TPSA) is 58.8 Å². The summed E-state index contributed by atoms with van der Waals surface area (Å²) in [6.07, 6.45) is 2.53. The van der Waals surface area contributed by atoms with Gasteiger partial charge in [0.15, 0.2) is 0 Å². The van der Waals surface area contributed by atoms with Gasteiger partial charge in [0.05, 0.1) is 23.9 Å². The van der Waals surface area contributed by atoms with E-state index in [0.717, 1.165) is 43.8 Å². The van der Waals surface area contributed by atoms with Crippen molar-refractivity contribution >= 4 is 5.69 Å². The van der Waals surface area contributed by atoms with Crippen LogP contribution in [0.15, 0.2) is 36.7 Å². The minimum absolute atomic E-state index is 0.438. The molecule has 0 radical (unpaired) electrons. The lowest BCUT2D eigenvalue weighted by molar-refractivity contribution is -0.403. The first-order valence-corrected chi connectivity index (χ1v) is 6.14. The van der Waals surface area contributed by atoms with Gasteiger partial charge in [-0.15, -0.1) is 0 Å². The Morgan fingerprint density at radius 2 is 1.95 bits per heavy atom. The number of nitrogens with zero attached hydrogens (tertiary/aromatic N) is 3. The van der Waals surface area contributed by atoms with Crippen LogP contribution in [-0.4, -0.2) is 43.1 Å². The summed E-state index contributed by atoms with van der Waals surface area (Å²) in [5.74, 6) is 0.858. The Labute approximate surface area is 112 Å². The molecule has 1 aromatic carbocycles. The van der Waals surface area contributed by atoms with E-state index in [-0.39, 0.29) is 0 Å². The average molecular weight is 263 g/mol. The lowest BCUT2D eigenvalue weighted by Gasteiger charge is -2.35. The van der Waals surface area contributed by atoms with Crippen LogP contribution in [0.3, 0.4) is 0 Å². The molecule has 1 aliphatic heterocycles. The zero-order valence-electron chi connectivity index (χ0n) is 10.9. The van der Waals surface area contributed by atoms with Gasteiger partial charge in [0.1, 0.15) is 5.75 Å². The molecule has 0 aromatic heterocycles. The SMILES string of the molecule is COc1ccccc1N1CCN(/C=C/[N+](=O)[O-])CC1. The maximum atomic E-state index is 10.3. The van der Waals surface area contributed by atoms with Gasteiger partial charge in [0, 0.05) is 26.2 Å². The summed E-state index contributed by atoms with van der Waals surface area (Å²) >= 11 is 0. The standard InChI is InChI=1S/C13H17N3O3/c1-19-13-5-3-2-4-12(13)15-9-6-14(7-10-15)8-11-16(17)18/h2-5,8,11H,6-7,9-10H2,1H3/b11-8+. The number of hydrogen-bond donors (Lipinski definition) is 0. The Hall–Kier alpha value is -2.24. The van der Waals surface area contributed by atoms with Gasteiger partial charge in [-0.05, 0) is 12.1 Å². The predicted octanol–water partition coefficient (Wildman–Crippen LogP) is 1.57. The zero-order chi connectivity index (χ0) is 13.7. The molecule has 1 fully saturated rings. The van der Waals surface area contributed by atoms with E-state index in [1.165, 1.54) is 0 Å². The van der Waals surface area contributed by atoms with E-state index in [1.807, 2.05) is 29.2 Å². The van der Waals surface area contributed by atoms with Crippen molar-refractivity contribution in [2.24, 2.45) is 0 Å². The third-order valence-corrected chi connectivity index (χ3v) is 3.14. The molecule has 0 spiro atoms. The van der Waals surface area contributed by atoms with Gasteiger partial charge < -0.3 is 14.5 Å². The Kier molecular flexibility index (Phi) is 4.22. The molecule has 2 rings (SSSR count). The summed E-state index contributed by atoms with van der Waals surface area (Å²) in [5, 5.41) is 10.3. The molecule has 0 N–H and O–H groups in total. The summed E-state index contributed by atoms with van der Waals surface area (Å²) in [4.78, 5) is 14.0. The van der Waals surface area contributed by atoms with Crippen LogP contribution in [0.5, 0.6) is 5.75 Å². The Balaban J connectivity index is 1.98. The maximum Gasteiger partial charge on any atom is 0.250 e. The molecule has 1 aliphatic rings. The normalized spacial score (nSPS) is 15.8. The van der Waals surface area contributed by atoms with Gasteiger partial charge in [0.25, 0.3) is 0 Å². The molecule has 0 saturated carbocycles. The first-order valence-electron chi connectivity index (χ1n) is 6.14. The molecule has 6 nitrogen and oxygen atoms in total. The quantitative estimate of drug-likeness (QED) is 0.609. The fourth-order valence-electron chi connectivity index (χ4n) is 2.15. The first kappa shape index (κ1) is 13.2. The third-order valence-electron chi connectivity index (χ3n) is 3.14. The van der Waals surface area contributed by atoms with Crippen LogP contribution < -0.4 is 9.64 Å². The van der Waals surface area contributed by atoms with Gasteiger partial charge in [-0.1, -0.05) is 12.1 Å². The maximum absolute atomic E-state index is 10.3. The van der Waals surface area contributed by atoms with E-state index in [2.05, 4.69) is 4.90 Å². The zero-order valence-corrected chi connectivity index (χ0v) is 10.9. The highest BCUT2D eigenvalue weighted by atomic mass is 16.6. The highest BCUT2D eigenvalue weighted by Gasteiger charge is 2.17. The minimum atomic E-state index is -0.438. The lowest BCUT2D eigenvalue weighted by atomic mass is 10.2. The van der Waals surface area contributed by atoms with Crippen molar-refractivity contribution in [1.82, 2.24) is 4.90 Å². The van der Waals surface area contributed by atoms with Gasteiger partial charge in [-0.2, -0.15) is 0 Å². The minimum Gasteiger partial charge on any atom is -0.495 e. The Morgan fingerprint density at radius 3 is 2.58 bits per heavy atom. The lowest BCUT2D eigenvalue weighted by Crippen LogP contribution is -2.44. The van der Waals surface area contributed by atoms with Crippen LogP contribution in [-0.2, 0) is 0 Å². The molecule has 0 bridgehead atoms. The molecule has 102 valence electrons. The number of para-hydroxylation sites is 2. The number of methoxy groups -OCH3 is 1. The predicted molar refractivity (Wildman–Crippen MR) is 72.9 cm³/mol. The summed E-state index contributed by atoms with van der Waals surface area (Å²) < 4.78 is 5.35. The van der Waals surface area contributed by atoms with Crippen molar-refractivity contribution < 1.29 is 9.66 Å².